The zero-order valence-corrected chi connectivity index (χ0v) is 13.7. The van der Waals surface area contributed by atoms with Crippen LogP contribution in [0.15, 0.2) is 65.3 Å². The molecule has 4 nitrogen and oxygen atoms in total. The number of likely N-dealkylation sites (N-methyl/N-ethyl adjacent to an activating group) is 1. The summed E-state index contributed by atoms with van der Waals surface area (Å²) in [5.74, 6) is -1.08. The Kier molecular flexibility index (Phi) is 4.11. The van der Waals surface area contributed by atoms with Gasteiger partial charge in [0, 0.05) is 12.7 Å². The van der Waals surface area contributed by atoms with Crippen molar-refractivity contribution in [3.8, 4) is 0 Å². The lowest BCUT2D eigenvalue weighted by atomic mass is 10.2. The van der Waals surface area contributed by atoms with Crippen molar-refractivity contribution in [1.82, 2.24) is 0 Å². The number of halogens is 2. The van der Waals surface area contributed by atoms with E-state index in [1.54, 1.807) is 36.2 Å². The monoisotopic (exact) mass is 346 g/mol. The van der Waals surface area contributed by atoms with E-state index < -0.39 is 11.8 Å². The molecule has 3 rings (SSSR count). The maximum atomic E-state index is 12.8. The summed E-state index contributed by atoms with van der Waals surface area (Å²) in [5, 5.41) is 0.184. The van der Waals surface area contributed by atoms with Gasteiger partial charge in [0.05, 0.1) is 10.7 Å². The van der Waals surface area contributed by atoms with Crippen LogP contribution in [0.2, 0.25) is 5.02 Å². The smallest absolute Gasteiger partial charge is 0.283 e. The van der Waals surface area contributed by atoms with Crippen molar-refractivity contribution in [2.24, 2.45) is 0 Å². The van der Waals surface area contributed by atoms with Crippen molar-refractivity contribution >= 4 is 46.4 Å². The molecule has 0 radical (unpaired) electrons. The lowest BCUT2D eigenvalue weighted by Crippen LogP contribution is -2.34. The van der Waals surface area contributed by atoms with Crippen LogP contribution >= 0.6 is 23.2 Å². The molecule has 1 heterocycles. The van der Waals surface area contributed by atoms with E-state index in [1.165, 1.54) is 0 Å². The Morgan fingerprint density at radius 3 is 2.13 bits per heavy atom. The fraction of sp³-hybridized carbons (Fsp3) is 0.0588. The summed E-state index contributed by atoms with van der Waals surface area (Å²) in [4.78, 5) is 27.8. The van der Waals surface area contributed by atoms with E-state index in [0.717, 1.165) is 10.6 Å². The number of amides is 2. The van der Waals surface area contributed by atoms with Crippen LogP contribution in [0.3, 0.4) is 0 Å². The first-order valence-corrected chi connectivity index (χ1v) is 7.60. The van der Waals surface area contributed by atoms with Crippen molar-refractivity contribution in [1.29, 1.82) is 0 Å². The third-order valence-corrected chi connectivity index (χ3v) is 4.24. The van der Waals surface area contributed by atoms with E-state index in [-0.39, 0.29) is 10.7 Å². The number of anilines is 2. The number of nitrogens with zero attached hydrogens (tertiary/aromatic N) is 2. The SMILES string of the molecule is CN(C1=C(Cl)C(=O)N(c2ccccc2Cl)C1=O)c1ccccc1. The molecule has 0 aliphatic carbocycles. The molecule has 0 fully saturated rings. The van der Waals surface area contributed by atoms with E-state index in [4.69, 9.17) is 23.2 Å². The van der Waals surface area contributed by atoms with Gasteiger partial charge in [-0.15, -0.1) is 0 Å². The van der Waals surface area contributed by atoms with Crippen LogP contribution in [0, 0.1) is 0 Å². The quantitative estimate of drug-likeness (QED) is 0.793. The van der Waals surface area contributed by atoms with Crippen molar-refractivity contribution in [2.75, 3.05) is 16.8 Å². The maximum Gasteiger partial charge on any atom is 0.283 e. The number of rotatable bonds is 3. The fourth-order valence-electron chi connectivity index (χ4n) is 2.41. The number of hydrogen-bond donors (Lipinski definition) is 0. The highest BCUT2D eigenvalue weighted by atomic mass is 35.5. The standard InChI is InChI=1S/C17H12Cl2N2O2/c1-20(11-7-3-2-4-8-11)15-14(19)16(22)21(17(15)23)13-10-6-5-9-12(13)18/h2-10H,1H3. The molecule has 0 spiro atoms. The predicted molar refractivity (Wildman–Crippen MR) is 91.7 cm³/mol. The van der Waals surface area contributed by atoms with Gasteiger partial charge < -0.3 is 4.90 Å². The second-order valence-corrected chi connectivity index (χ2v) is 5.74. The van der Waals surface area contributed by atoms with Crippen LogP contribution in [0.5, 0.6) is 0 Å². The minimum atomic E-state index is -0.581. The van der Waals surface area contributed by atoms with E-state index in [2.05, 4.69) is 0 Å². The molecule has 0 N–H and O–H groups in total. The van der Waals surface area contributed by atoms with Crippen LogP contribution in [-0.2, 0) is 9.59 Å². The molecule has 1 aliphatic heterocycles. The largest absolute Gasteiger partial charge is 0.339 e. The summed E-state index contributed by atoms with van der Waals surface area (Å²) < 4.78 is 0. The van der Waals surface area contributed by atoms with Crippen molar-refractivity contribution in [3.05, 3.63) is 70.3 Å². The number of hydrogen-bond acceptors (Lipinski definition) is 3. The number of para-hydroxylation sites is 2. The molecule has 0 bridgehead atoms. The number of imide groups is 1. The highest BCUT2D eigenvalue weighted by molar-refractivity contribution is 6.53. The van der Waals surface area contributed by atoms with Gasteiger partial charge in [-0.05, 0) is 24.3 Å². The van der Waals surface area contributed by atoms with Gasteiger partial charge >= 0.3 is 0 Å². The van der Waals surface area contributed by atoms with Crippen molar-refractivity contribution < 1.29 is 9.59 Å². The average molecular weight is 347 g/mol. The van der Waals surface area contributed by atoms with Gasteiger partial charge in [-0.2, -0.15) is 0 Å². The summed E-state index contributed by atoms with van der Waals surface area (Å²) in [6.07, 6.45) is 0. The lowest BCUT2D eigenvalue weighted by molar-refractivity contribution is -0.120. The highest BCUT2D eigenvalue weighted by Crippen LogP contribution is 2.35. The summed E-state index contributed by atoms with van der Waals surface area (Å²) >= 11 is 12.3. The predicted octanol–water partition coefficient (Wildman–Crippen LogP) is 3.80. The first-order chi connectivity index (χ1) is 11.0. The Balaban J connectivity index is 2.02. The maximum absolute atomic E-state index is 12.8. The highest BCUT2D eigenvalue weighted by Gasteiger charge is 2.41. The van der Waals surface area contributed by atoms with Gasteiger partial charge in [0.1, 0.15) is 10.7 Å². The van der Waals surface area contributed by atoms with Gasteiger partial charge in [0.25, 0.3) is 11.8 Å². The molecule has 0 aromatic heterocycles. The third kappa shape index (κ3) is 2.60. The minimum Gasteiger partial charge on any atom is -0.339 e. The Bertz CT molecular complexity index is 818. The summed E-state index contributed by atoms with van der Waals surface area (Å²) in [6.45, 7) is 0. The van der Waals surface area contributed by atoms with Crippen LogP contribution in [0.1, 0.15) is 0 Å². The Labute approximate surface area is 143 Å². The molecule has 2 amide bonds. The minimum absolute atomic E-state index is 0.124. The zero-order chi connectivity index (χ0) is 16.6. The molecule has 2 aromatic carbocycles. The zero-order valence-electron chi connectivity index (χ0n) is 12.2. The van der Waals surface area contributed by atoms with E-state index in [9.17, 15) is 9.59 Å². The third-order valence-electron chi connectivity index (χ3n) is 3.58. The molecule has 6 heteroatoms. The molecule has 23 heavy (non-hydrogen) atoms. The first-order valence-electron chi connectivity index (χ1n) is 6.84. The Morgan fingerprint density at radius 1 is 0.870 bits per heavy atom. The molecule has 0 saturated heterocycles. The van der Waals surface area contributed by atoms with Crippen LogP contribution in [0.4, 0.5) is 11.4 Å². The molecule has 1 aliphatic rings. The molecule has 0 unspecified atom stereocenters. The summed E-state index contributed by atoms with van der Waals surface area (Å²) in [7, 11) is 1.69. The average Bonchev–Trinajstić information content (AvgIpc) is 2.78. The topological polar surface area (TPSA) is 40.6 Å². The summed E-state index contributed by atoms with van der Waals surface area (Å²) in [5.41, 5.74) is 1.20. The molecule has 0 atom stereocenters. The second kappa shape index (κ2) is 6.07. The van der Waals surface area contributed by atoms with Crippen molar-refractivity contribution in [3.63, 3.8) is 0 Å². The van der Waals surface area contributed by atoms with Gasteiger partial charge in [-0.25, -0.2) is 4.90 Å². The van der Waals surface area contributed by atoms with Crippen LogP contribution in [0.25, 0.3) is 0 Å². The van der Waals surface area contributed by atoms with Gasteiger partial charge in [-0.1, -0.05) is 53.5 Å². The van der Waals surface area contributed by atoms with Gasteiger partial charge in [-0.3, -0.25) is 9.59 Å². The molecular weight excluding hydrogens is 335 g/mol. The van der Waals surface area contributed by atoms with Crippen LogP contribution < -0.4 is 9.80 Å². The number of carbonyl (C=O) groups is 2. The Hall–Kier alpha value is -2.30. The Morgan fingerprint density at radius 2 is 1.48 bits per heavy atom. The van der Waals surface area contributed by atoms with E-state index >= 15 is 0 Å². The molecule has 116 valence electrons. The normalized spacial score (nSPS) is 14.7. The lowest BCUT2D eigenvalue weighted by Gasteiger charge is -2.21. The molecular formula is C17H12Cl2N2O2. The van der Waals surface area contributed by atoms with E-state index in [1.807, 2.05) is 30.3 Å². The first kappa shape index (κ1) is 15.6. The number of benzene rings is 2. The molecule has 0 saturated carbocycles. The van der Waals surface area contributed by atoms with E-state index in [0.29, 0.717) is 10.7 Å². The van der Waals surface area contributed by atoms with Gasteiger partial charge in [0.2, 0.25) is 0 Å². The van der Waals surface area contributed by atoms with Crippen molar-refractivity contribution in [2.45, 2.75) is 0 Å². The number of carbonyl (C=O) groups excluding carboxylic acids is 2. The van der Waals surface area contributed by atoms with Crippen LogP contribution in [-0.4, -0.2) is 18.9 Å². The summed E-state index contributed by atoms with van der Waals surface area (Å²) in [6, 6.07) is 15.8. The van der Waals surface area contributed by atoms with Gasteiger partial charge in [0.15, 0.2) is 0 Å². The molecule has 2 aromatic rings. The fourth-order valence-corrected chi connectivity index (χ4v) is 2.93. The second-order valence-electron chi connectivity index (χ2n) is 4.95.